The molecule has 0 saturated carbocycles. The normalized spacial score (nSPS) is 18.3. The number of carbonyl (C=O) groups excluding carboxylic acids is 1. The summed E-state index contributed by atoms with van der Waals surface area (Å²) in [6.45, 7) is 5.61. The minimum absolute atomic E-state index is 0.0499. The predicted octanol–water partition coefficient (Wildman–Crippen LogP) is 4.33. The standard InChI is InChI=1S/C19H24ClNO3/c1-12-9-15-13(2)17(24-18(15)16(20)10-12)19(23)21-7-3-5-14(11-21)6-4-8-22/h9-10,14,22H,3-8,11H2,1-2H3/t14-/m0/s1. The summed E-state index contributed by atoms with van der Waals surface area (Å²) >= 11 is 6.28. The zero-order chi connectivity index (χ0) is 17.3. The van der Waals surface area contributed by atoms with Gasteiger partial charge in [0, 0.05) is 30.6 Å². The average molecular weight is 350 g/mol. The first-order chi connectivity index (χ1) is 11.5. The van der Waals surface area contributed by atoms with Crippen LogP contribution in [0.15, 0.2) is 16.5 Å². The molecule has 1 saturated heterocycles. The van der Waals surface area contributed by atoms with Crippen molar-refractivity contribution >= 4 is 28.5 Å². The zero-order valence-corrected chi connectivity index (χ0v) is 15.0. The summed E-state index contributed by atoms with van der Waals surface area (Å²) in [7, 11) is 0. The number of rotatable bonds is 4. The van der Waals surface area contributed by atoms with E-state index in [1.165, 1.54) is 0 Å². The average Bonchev–Trinajstić information content (AvgIpc) is 2.90. The number of furan rings is 1. The lowest BCUT2D eigenvalue weighted by Crippen LogP contribution is -2.40. The summed E-state index contributed by atoms with van der Waals surface area (Å²) in [5.74, 6) is 0.816. The van der Waals surface area contributed by atoms with Gasteiger partial charge < -0.3 is 14.4 Å². The molecule has 1 aromatic carbocycles. The fourth-order valence-corrected chi connectivity index (χ4v) is 3.94. The number of hydrogen-bond acceptors (Lipinski definition) is 3. The van der Waals surface area contributed by atoms with Crippen molar-refractivity contribution in [3.63, 3.8) is 0 Å². The topological polar surface area (TPSA) is 53.7 Å². The van der Waals surface area contributed by atoms with E-state index in [0.717, 1.165) is 55.3 Å². The molecule has 0 spiro atoms. The van der Waals surface area contributed by atoms with Crippen molar-refractivity contribution in [2.75, 3.05) is 19.7 Å². The van der Waals surface area contributed by atoms with Crippen LogP contribution in [0.2, 0.25) is 5.02 Å². The molecule has 1 N–H and O–H groups in total. The van der Waals surface area contributed by atoms with Crippen LogP contribution in [-0.2, 0) is 0 Å². The number of piperidine rings is 1. The second-order valence-corrected chi connectivity index (χ2v) is 7.21. The number of halogens is 1. The number of nitrogens with zero attached hydrogens (tertiary/aromatic N) is 1. The fourth-order valence-electron chi connectivity index (χ4n) is 3.62. The second kappa shape index (κ2) is 7.16. The van der Waals surface area contributed by atoms with Crippen molar-refractivity contribution in [1.29, 1.82) is 0 Å². The van der Waals surface area contributed by atoms with Gasteiger partial charge in [0.25, 0.3) is 5.91 Å². The highest BCUT2D eigenvalue weighted by Gasteiger charge is 2.28. The summed E-state index contributed by atoms with van der Waals surface area (Å²) < 4.78 is 5.85. The molecule has 1 aliphatic rings. The van der Waals surface area contributed by atoms with Crippen LogP contribution in [0.1, 0.15) is 47.4 Å². The van der Waals surface area contributed by atoms with E-state index in [0.29, 0.717) is 22.3 Å². The molecule has 1 amide bonds. The lowest BCUT2D eigenvalue weighted by atomic mass is 9.93. The Morgan fingerprint density at radius 2 is 2.21 bits per heavy atom. The molecule has 1 aromatic heterocycles. The molecule has 24 heavy (non-hydrogen) atoms. The Labute approximate surface area is 147 Å². The minimum atomic E-state index is -0.0499. The maximum atomic E-state index is 12.9. The second-order valence-electron chi connectivity index (χ2n) is 6.80. The van der Waals surface area contributed by atoms with Gasteiger partial charge in [0.15, 0.2) is 11.3 Å². The molecule has 130 valence electrons. The van der Waals surface area contributed by atoms with Crippen molar-refractivity contribution in [3.8, 4) is 0 Å². The molecule has 5 heteroatoms. The molecule has 1 atom stereocenters. The summed E-state index contributed by atoms with van der Waals surface area (Å²) in [6, 6.07) is 3.87. The Hall–Kier alpha value is -1.52. The molecular weight excluding hydrogens is 326 g/mol. The predicted molar refractivity (Wildman–Crippen MR) is 95.6 cm³/mol. The van der Waals surface area contributed by atoms with Crippen molar-refractivity contribution in [1.82, 2.24) is 4.90 Å². The zero-order valence-electron chi connectivity index (χ0n) is 14.3. The van der Waals surface area contributed by atoms with Gasteiger partial charge in [0.1, 0.15) is 0 Å². The summed E-state index contributed by atoms with van der Waals surface area (Å²) in [4.78, 5) is 14.8. The monoisotopic (exact) mass is 349 g/mol. The van der Waals surface area contributed by atoms with Crippen LogP contribution in [-0.4, -0.2) is 35.6 Å². The van der Waals surface area contributed by atoms with E-state index < -0.39 is 0 Å². The molecule has 2 heterocycles. The van der Waals surface area contributed by atoms with E-state index in [2.05, 4.69) is 0 Å². The maximum Gasteiger partial charge on any atom is 0.289 e. The van der Waals surface area contributed by atoms with E-state index in [-0.39, 0.29) is 12.5 Å². The quantitative estimate of drug-likeness (QED) is 0.893. The van der Waals surface area contributed by atoms with Gasteiger partial charge in [-0.05, 0) is 63.1 Å². The van der Waals surface area contributed by atoms with E-state index in [9.17, 15) is 4.79 Å². The van der Waals surface area contributed by atoms with Crippen molar-refractivity contribution < 1.29 is 14.3 Å². The van der Waals surface area contributed by atoms with Crippen molar-refractivity contribution in [2.24, 2.45) is 5.92 Å². The fraction of sp³-hybridized carbons (Fsp3) is 0.526. The number of hydrogen-bond donors (Lipinski definition) is 1. The third kappa shape index (κ3) is 3.31. The number of benzene rings is 1. The third-order valence-corrected chi connectivity index (χ3v) is 5.19. The van der Waals surface area contributed by atoms with Crippen molar-refractivity contribution in [2.45, 2.75) is 39.5 Å². The van der Waals surface area contributed by atoms with Crippen LogP contribution in [0.4, 0.5) is 0 Å². The Balaban J connectivity index is 1.86. The minimum Gasteiger partial charge on any atom is -0.449 e. The molecule has 1 fully saturated rings. The molecule has 0 unspecified atom stereocenters. The first-order valence-electron chi connectivity index (χ1n) is 8.60. The molecular formula is C19H24ClNO3. The Morgan fingerprint density at radius 1 is 1.42 bits per heavy atom. The van der Waals surface area contributed by atoms with Gasteiger partial charge in [0.2, 0.25) is 0 Å². The van der Waals surface area contributed by atoms with Gasteiger partial charge in [-0.2, -0.15) is 0 Å². The number of fused-ring (bicyclic) bond motifs is 1. The van der Waals surface area contributed by atoms with Crippen LogP contribution in [0, 0.1) is 19.8 Å². The lowest BCUT2D eigenvalue weighted by molar-refractivity contribution is 0.0633. The summed E-state index contributed by atoms with van der Waals surface area (Å²) in [5, 5.41) is 10.5. The van der Waals surface area contributed by atoms with Crippen LogP contribution in [0.5, 0.6) is 0 Å². The smallest absolute Gasteiger partial charge is 0.289 e. The van der Waals surface area contributed by atoms with E-state index in [4.69, 9.17) is 21.1 Å². The summed E-state index contributed by atoms with van der Waals surface area (Å²) in [6.07, 6.45) is 3.88. The van der Waals surface area contributed by atoms with Crippen LogP contribution in [0.3, 0.4) is 0 Å². The van der Waals surface area contributed by atoms with Gasteiger partial charge in [-0.1, -0.05) is 11.6 Å². The van der Waals surface area contributed by atoms with Gasteiger partial charge >= 0.3 is 0 Å². The first-order valence-corrected chi connectivity index (χ1v) is 8.98. The van der Waals surface area contributed by atoms with Crippen molar-refractivity contribution in [3.05, 3.63) is 34.0 Å². The van der Waals surface area contributed by atoms with Crippen LogP contribution >= 0.6 is 11.6 Å². The Morgan fingerprint density at radius 3 is 2.96 bits per heavy atom. The number of aliphatic hydroxyl groups excluding tert-OH is 1. The Kier molecular flexibility index (Phi) is 5.16. The van der Waals surface area contributed by atoms with Gasteiger partial charge in [-0.25, -0.2) is 0 Å². The van der Waals surface area contributed by atoms with Crippen LogP contribution in [0.25, 0.3) is 11.0 Å². The van der Waals surface area contributed by atoms with E-state index >= 15 is 0 Å². The largest absolute Gasteiger partial charge is 0.449 e. The summed E-state index contributed by atoms with van der Waals surface area (Å²) in [5.41, 5.74) is 2.51. The highest BCUT2D eigenvalue weighted by atomic mass is 35.5. The number of likely N-dealkylation sites (tertiary alicyclic amines) is 1. The molecule has 4 nitrogen and oxygen atoms in total. The molecule has 2 aromatic rings. The van der Waals surface area contributed by atoms with Gasteiger partial charge in [-0.3, -0.25) is 4.79 Å². The number of amides is 1. The molecule has 0 radical (unpaired) electrons. The Bertz CT molecular complexity index is 753. The highest BCUT2D eigenvalue weighted by Crippen LogP contribution is 2.33. The number of aliphatic hydroxyl groups is 1. The highest BCUT2D eigenvalue weighted by molar-refractivity contribution is 6.35. The molecule has 3 rings (SSSR count). The number of aryl methyl sites for hydroxylation is 2. The van der Waals surface area contributed by atoms with E-state index in [1.807, 2.05) is 30.9 Å². The molecule has 0 bridgehead atoms. The third-order valence-electron chi connectivity index (χ3n) is 4.91. The lowest BCUT2D eigenvalue weighted by Gasteiger charge is -2.32. The van der Waals surface area contributed by atoms with Gasteiger partial charge in [-0.15, -0.1) is 0 Å². The molecule has 0 aliphatic carbocycles. The first kappa shape index (κ1) is 17.3. The maximum absolute atomic E-state index is 12.9. The van der Waals surface area contributed by atoms with Crippen LogP contribution < -0.4 is 0 Å². The van der Waals surface area contributed by atoms with Gasteiger partial charge in [0.05, 0.1) is 5.02 Å². The number of carbonyl (C=O) groups is 1. The van der Waals surface area contributed by atoms with E-state index in [1.54, 1.807) is 0 Å². The SMILES string of the molecule is Cc1cc(Cl)c2oc(C(=O)N3CCC[C@@H](CCCO)C3)c(C)c2c1. The molecule has 1 aliphatic heterocycles.